The molecule has 2 aromatic rings. The van der Waals surface area contributed by atoms with E-state index >= 15 is 0 Å². The molecule has 0 fully saturated rings. The zero-order valence-electron chi connectivity index (χ0n) is 17.7. The van der Waals surface area contributed by atoms with Crippen molar-refractivity contribution in [2.45, 2.75) is 44.5 Å². The number of thiol groups is 1. The Hall–Kier alpha value is -2.30. The molecular formula is C22H23ClF3N3O2S2. The summed E-state index contributed by atoms with van der Waals surface area (Å²) in [6.07, 6.45) is 1.64. The Kier molecular flexibility index (Phi) is 8.61. The van der Waals surface area contributed by atoms with Gasteiger partial charge in [-0.3, -0.25) is 10.1 Å². The van der Waals surface area contributed by atoms with Crippen molar-refractivity contribution in [1.82, 2.24) is 4.98 Å². The van der Waals surface area contributed by atoms with Gasteiger partial charge in [0.2, 0.25) is 0 Å². The lowest BCUT2D eigenvalue weighted by molar-refractivity contribution is -0.137. The quantitative estimate of drug-likeness (QED) is 0.181. The highest BCUT2D eigenvalue weighted by Crippen LogP contribution is 2.40. The van der Waals surface area contributed by atoms with E-state index in [2.05, 4.69) is 26.4 Å². The summed E-state index contributed by atoms with van der Waals surface area (Å²) >= 11 is 7.35. The second-order valence-corrected chi connectivity index (χ2v) is 10.9. The lowest BCUT2D eigenvalue weighted by atomic mass is 10.0. The molecule has 2 heterocycles. The van der Waals surface area contributed by atoms with Crippen LogP contribution in [0.1, 0.15) is 54.2 Å². The normalized spacial score (nSPS) is 14.0. The maximum Gasteiger partial charge on any atom is 0.416 e. The smallest absolute Gasteiger partial charge is 0.307 e. The third kappa shape index (κ3) is 7.09. The van der Waals surface area contributed by atoms with E-state index in [1.54, 1.807) is 0 Å². The van der Waals surface area contributed by atoms with E-state index in [0.717, 1.165) is 42.4 Å². The number of aromatic nitrogens is 1. The molecule has 0 bridgehead atoms. The molecule has 0 radical (unpaired) electrons. The Balaban J connectivity index is 1.73. The first-order chi connectivity index (χ1) is 15.7. The van der Waals surface area contributed by atoms with Crippen LogP contribution < -0.4 is 10.6 Å². The van der Waals surface area contributed by atoms with Gasteiger partial charge in [-0.15, -0.1) is 0 Å². The molecule has 0 saturated carbocycles. The average Bonchev–Trinajstić information content (AvgIpc) is 3.37. The lowest BCUT2D eigenvalue weighted by Crippen LogP contribution is -2.21. The summed E-state index contributed by atoms with van der Waals surface area (Å²) in [6, 6.07) is 1.99. The number of ketones is 1. The number of rotatable bonds is 9. The van der Waals surface area contributed by atoms with Crippen LogP contribution in [0.2, 0.25) is 4.34 Å². The fraction of sp³-hybridized carbons (Fsp3) is 0.318. The number of nitrogens with zero attached hydrogens (tertiary/aromatic N) is 1. The van der Waals surface area contributed by atoms with Crippen molar-refractivity contribution in [1.29, 1.82) is 0 Å². The fourth-order valence-corrected chi connectivity index (χ4v) is 5.87. The third-order valence-corrected chi connectivity index (χ3v) is 7.80. The summed E-state index contributed by atoms with van der Waals surface area (Å²) in [7, 11) is -0.475. The van der Waals surface area contributed by atoms with E-state index in [0.29, 0.717) is 22.2 Å². The first kappa shape index (κ1) is 25.3. The van der Waals surface area contributed by atoms with E-state index in [9.17, 15) is 22.8 Å². The van der Waals surface area contributed by atoms with E-state index in [4.69, 9.17) is 11.6 Å². The summed E-state index contributed by atoms with van der Waals surface area (Å²) < 4.78 is 40.0. The number of urea groups is 1. The van der Waals surface area contributed by atoms with Crippen molar-refractivity contribution in [3.05, 3.63) is 62.3 Å². The second kappa shape index (κ2) is 11.2. The molecule has 0 saturated heterocycles. The van der Waals surface area contributed by atoms with E-state index in [1.807, 2.05) is 19.1 Å². The van der Waals surface area contributed by atoms with Gasteiger partial charge in [-0.25, -0.2) is 20.7 Å². The monoisotopic (exact) mass is 517 g/mol. The van der Waals surface area contributed by atoms with E-state index in [1.165, 1.54) is 0 Å². The number of allylic oxidation sites excluding steroid dienone is 2. The molecule has 0 aliphatic carbocycles. The van der Waals surface area contributed by atoms with Gasteiger partial charge in [0, 0.05) is 17.7 Å². The Labute approximate surface area is 201 Å². The standard InChI is InChI=1S/C22H23ClF3N3O2S2/c1-2-3-4-7-18(30)15-12-14(22(24,25)26)8-9-16(15)27-20(31)29-21-28-17(19(23)32-21)13-33-10-5-6-11-33/h5-6,8-12,33H,2-4,7,13H2,1H3,(H2,27,28,29,31). The number of hydrogen-bond acceptors (Lipinski definition) is 4. The minimum atomic E-state index is -4.60. The molecule has 2 N–H and O–H groups in total. The third-order valence-electron chi connectivity index (χ3n) is 4.77. The highest BCUT2D eigenvalue weighted by molar-refractivity contribution is 8.21. The van der Waals surface area contributed by atoms with Crippen LogP contribution in [0.5, 0.6) is 0 Å². The van der Waals surface area contributed by atoms with Crippen LogP contribution in [-0.4, -0.2) is 16.8 Å². The Bertz CT molecular complexity index is 1070. The van der Waals surface area contributed by atoms with Gasteiger partial charge >= 0.3 is 12.2 Å². The Morgan fingerprint density at radius 3 is 2.55 bits per heavy atom. The van der Waals surface area contributed by atoms with Crippen molar-refractivity contribution in [3.63, 3.8) is 0 Å². The predicted molar refractivity (Wildman–Crippen MR) is 131 cm³/mol. The van der Waals surface area contributed by atoms with Gasteiger partial charge in [0.05, 0.1) is 16.9 Å². The van der Waals surface area contributed by atoms with Gasteiger partial charge in [0.1, 0.15) is 4.34 Å². The zero-order valence-corrected chi connectivity index (χ0v) is 20.2. The molecule has 178 valence electrons. The van der Waals surface area contributed by atoms with Gasteiger partial charge in [-0.1, -0.05) is 54.9 Å². The number of carbonyl (C=O) groups is 2. The molecule has 2 amide bonds. The lowest BCUT2D eigenvalue weighted by Gasteiger charge is -2.14. The highest BCUT2D eigenvalue weighted by Gasteiger charge is 2.32. The number of benzene rings is 1. The van der Waals surface area contributed by atoms with Crippen molar-refractivity contribution in [2.24, 2.45) is 0 Å². The van der Waals surface area contributed by atoms with Crippen LogP contribution >= 0.6 is 33.8 Å². The predicted octanol–water partition coefficient (Wildman–Crippen LogP) is 7.76. The fourth-order valence-electron chi connectivity index (χ4n) is 3.11. The maximum absolute atomic E-state index is 13.2. The molecule has 1 aliphatic heterocycles. The molecular weight excluding hydrogens is 495 g/mol. The topological polar surface area (TPSA) is 71.1 Å². The molecule has 0 spiro atoms. The molecule has 11 heteroatoms. The van der Waals surface area contributed by atoms with E-state index in [-0.39, 0.29) is 22.8 Å². The number of alkyl halides is 3. The summed E-state index contributed by atoms with van der Waals surface area (Å²) in [6.45, 7) is 1.96. The van der Waals surface area contributed by atoms with Gasteiger partial charge in [0.25, 0.3) is 0 Å². The van der Waals surface area contributed by atoms with Crippen LogP contribution in [-0.2, 0) is 11.9 Å². The molecule has 0 atom stereocenters. The SMILES string of the molecule is CCCCCC(=O)c1cc(C(F)(F)F)ccc1NC(=O)Nc1nc(C[SH]2C=CC=C2)c(Cl)s1. The molecule has 5 nitrogen and oxygen atoms in total. The molecule has 1 aliphatic rings. The summed E-state index contributed by atoms with van der Waals surface area (Å²) in [5.74, 6) is 0.195. The van der Waals surface area contributed by atoms with Gasteiger partial charge < -0.3 is 5.32 Å². The van der Waals surface area contributed by atoms with Gasteiger partial charge in [-0.2, -0.15) is 13.2 Å². The van der Waals surface area contributed by atoms with Gasteiger partial charge in [0.15, 0.2) is 10.9 Å². The van der Waals surface area contributed by atoms with Crippen molar-refractivity contribution >= 4 is 56.5 Å². The van der Waals surface area contributed by atoms with Crippen molar-refractivity contribution in [2.75, 3.05) is 10.6 Å². The van der Waals surface area contributed by atoms with Crippen LogP contribution in [0.25, 0.3) is 0 Å². The number of nitrogens with one attached hydrogen (secondary N) is 2. The summed E-state index contributed by atoms with van der Waals surface area (Å²) in [4.78, 5) is 29.5. The number of anilines is 2. The average molecular weight is 518 g/mol. The van der Waals surface area contributed by atoms with E-state index < -0.39 is 34.4 Å². The molecule has 1 aromatic heterocycles. The number of hydrogen-bond donors (Lipinski definition) is 3. The van der Waals surface area contributed by atoms with Crippen LogP contribution in [0.3, 0.4) is 0 Å². The number of halogens is 4. The second-order valence-electron chi connectivity index (χ2n) is 7.31. The largest absolute Gasteiger partial charge is 0.416 e. The summed E-state index contributed by atoms with van der Waals surface area (Å²) in [5, 5.41) is 9.45. The zero-order chi connectivity index (χ0) is 24.0. The number of thiazole rings is 1. The Morgan fingerprint density at radius 2 is 1.88 bits per heavy atom. The molecule has 33 heavy (non-hydrogen) atoms. The molecule has 0 unspecified atom stereocenters. The van der Waals surface area contributed by atoms with Crippen molar-refractivity contribution < 1.29 is 22.8 Å². The molecule has 3 rings (SSSR count). The minimum Gasteiger partial charge on any atom is -0.307 e. The number of unbranched alkanes of at least 4 members (excludes halogenated alkanes) is 2. The number of Topliss-reactive ketones (excluding diaryl/α,β-unsaturated/α-hetero) is 1. The van der Waals surface area contributed by atoms with Crippen LogP contribution in [0.15, 0.2) is 41.2 Å². The highest BCUT2D eigenvalue weighted by atomic mass is 35.5. The number of amides is 2. The first-order valence-electron chi connectivity index (χ1n) is 10.3. The Morgan fingerprint density at radius 1 is 1.15 bits per heavy atom. The maximum atomic E-state index is 13.2. The van der Waals surface area contributed by atoms with Crippen molar-refractivity contribution in [3.8, 4) is 0 Å². The van der Waals surface area contributed by atoms with Crippen LogP contribution in [0, 0.1) is 0 Å². The number of carbonyl (C=O) groups excluding carboxylic acids is 2. The summed E-state index contributed by atoms with van der Waals surface area (Å²) in [5.41, 5.74) is -0.438. The minimum absolute atomic E-state index is 0.00885. The first-order valence-corrected chi connectivity index (χ1v) is 13.1. The van der Waals surface area contributed by atoms with Gasteiger partial charge in [-0.05, 0) is 35.4 Å². The van der Waals surface area contributed by atoms with Crippen LogP contribution in [0.4, 0.5) is 28.8 Å². The molecule has 1 aromatic carbocycles.